The Balaban J connectivity index is 2.69. The summed E-state index contributed by atoms with van der Waals surface area (Å²) in [6.45, 7) is 0.365. The van der Waals surface area contributed by atoms with Crippen LogP contribution in [-0.2, 0) is 25.6 Å². The first kappa shape index (κ1) is 15.0. The molecule has 0 aliphatic carbocycles. The minimum absolute atomic E-state index is 0.00746. The van der Waals surface area contributed by atoms with Gasteiger partial charge in [-0.05, 0) is 17.7 Å². The van der Waals surface area contributed by atoms with Gasteiger partial charge < -0.3 is 14.6 Å². The van der Waals surface area contributed by atoms with E-state index < -0.39 is 11.9 Å². The van der Waals surface area contributed by atoms with Gasteiger partial charge in [-0.3, -0.25) is 14.5 Å². The van der Waals surface area contributed by atoms with Crippen molar-refractivity contribution < 1.29 is 24.2 Å². The van der Waals surface area contributed by atoms with Crippen molar-refractivity contribution in [3.8, 4) is 5.75 Å². The largest absolute Gasteiger partial charge is 0.508 e. The first-order valence-corrected chi connectivity index (χ1v) is 5.69. The van der Waals surface area contributed by atoms with Crippen molar-refractivity contribution in [2.24, 2.45) is 0 Å². The summed E-state index contributed by atoms with van der Waals surface area (Å²) in [5.41, 5.74) is 0.866. The Hall–Kier alpha value is -2.08. The highest BCUT2D eigenvalue weighted by atomic mass is 16.5. The molecule has 0 aromatic heterocycles. The molecule has 1 N–H and O–H groups in total. The number of benzene rings is 1. The van der Waals surface area contributed by atoms with Crippen molar-refractivity contribution >= 4 is 11.9 Å². The lowest BCUT2D eigenvalue weighted by Crippen LogP contribution is -2.35. The Labute approximate surface area is 111 Å². The summed E-state index contributed by atoms with van der Waals surface area (Å²) in [6, 6.07) is 6.53. The Morgan fingerprint density at radius 2 is 1.53 bits per heavy atom. The molecule has 0 radical (unpaired) electrons. The average molecular weight is 267 g/mol. The molecule has 0 fully saturated rings. The summed E-state index contributed by atoms with van der Waals surface area (Å²) < 4.78 is 9.16. The first-order valence-electron chi connectivity index (χ1n) is 5.69. The van der Waals surface area contributed by atoms with Crippen molar-refractivity contribution in [3.63, 3.8) is 0 Å². The number of phenolic OH excluding ortho intramolecular Hbond substituents is 1. The highest BCUT2D eigenvalue weighted by molar-refractivity contribution is 5.74. The molecule has 0 unspecified atom stereocenters. The Kier molecular flexibility index (Phi) is 5.81. The van der Waals surface area contributed by atoms with E-state index in [2.05, 4.69) is 9.47 Å². The number of esters is 2. The molecule has 1 aromatic rings. The SMILES string of the molecule is COC(=O)CN(CC(=O)OC)Cc1ccc(O)cc1. The second-order valence-corrected chi connectivity index (χ2v) is 3.96. The fourth-order valence-electron chi connectivity index (χ4n) is 1.52. The highest BCUT2D eigenvalue weighted by Crippen LogP contribution is 2.11. The van der Waals surface area contributed by atoms with Crippen LogP contribution < -0.4 is 0 Å². The zero-order valence-corrected chi connectivity index (χ0v) is 11.0. The van der Waals surface area contributed by atoms with Crippen LogP contribution in [-0.4, -0.2) is 49.3 Å². The van der Waals surface area contributed by atoms with E-state index in [4.69, 9.17) is 0 Å². The van der Waals surface area contributed by atoms with Gasteiger partial charge in [-0.15, -0.1) is 0 Å². The molecule has 0 aliphatic rings. The maximum atomic E-state index is 11.3. The second kappa shape index (κ2) is 7.38. The third kappa shape index (κ3) is 5.39. The fourth-order valence-corrected chi connectivity index (χ4v) is 1.52. The van der Waals surface area contributed by atoms with Gasteiger partial charge in [0.05, 0.1) is 27.3 Å². The zero-order chi connectivity index (χ0) is 14.3. The van der Waals surface area contributed by atoms with Crippen LogP contribution in [0.15, 0.2) is 24.3 Å². The topological polar surface area (TPSA) is 76.1 Å². The number of carbonyl (C=O) groups is 2. The lowest BCUT2D eigenvalue weighted by atomic mass is 10.2. The number of carbonyl (C=O) groups excluding carboxylic acids is 2. The quantitative estimate of drug-likeness (QED) is 0.758. The number of ether oxygens (including phenoxy) is 2. The maximum absolute atomic E-state index is 11.3. The molecule has 6 heteroatoms. The van der Waals surface area contributed by atoms with Crippen LogP contribution in [0.3, 0.4) is 0 Å². The van der Waals surface area contributed by atoms with Gasteiger partial charge in [0.15, 0.2) is 0 Å². The van der Waals surface area contributed by atoms with E-state index in [1.54, 1.807) is 29.2 Å². The summed E-state index contributed by atoms with van der Waals surface area (Å²) in [4.78, 5) is 24.2. The molecule has 19 heavy (non-hydrogen) atoms. The zero-order valence-electron chi connectivity index (χ0n) is 11.0. The van der Waals surface area contributed by atoms with Crippen molar-refractivity contribution in [1.82, 2.24) is 4.90 Å². The van der Waals surface area contributed by atoms with Crippen LogP contribution in [0, 0.1) is 0 Å². The Morgan fingerprint density at radius 3 is 1.95 bits per heavy atom. The molecule has 0 spiro atoms. The van der Waals surface area contributed by atoms with Crippen LogP contribution in [0.25, 0.3) is 0 Å². The standard InChI is InChI=1S/C13H17NO5/c1-18-12(16)8-14(9-13(17)19-2)7-10-3-5-11(15)6-4-10/h3-6,15H,7-9H2,1-2H3. The molecule has 104 valence electrons. The van der Waals surface area contributed by atoms with Crippen LogP contribution in [0.5, 0.6) is 5.75 Å². The lowest BCUT2D eigenvalue weighted by molar-refractivity contribution is -0.145. The third-order valence-electron chi connectivity index (χ3n) is 2.50. The molecule has 0 atom stereocenters. The number of rotatable bonds is 6. The number of aromatic hydroxyl groups is 1. The van der Waals surface area contributed by atoms with Gasteiger partial charge >= 0.3 is 11.9 Å². The van der Waals surface area contributed by atoms with Crippen LogP contribution >= 0.6 is 0 Å². The minimum atomic E-state index is -0.428. The molecule has 1 rings (SSSR count). The van der Waals surface area contributed by atoms with Crippen LogP contribution in [0.4, 0.5) is 0 Å². The molecule has 0 saturated carbocycles. The van der Waals surface area contributed by atoms with Crippen molar-refractivity contribution in [3.05, 3.63) is 29.8 Å². The summed E-state index contributed by atoms with van der Waals surface area (Å²) in [6.07, 6.45) is 0. The summed E-state index contributed by atoms with van der Waals surface area (Å²) in [5.74, 6) is -0.693. The van der Waals surface area contributed by atoms with E-state index in [9.17, 15) is 14.7 Å². The van der Waals surface area contributed by atoms with Gasteiger partial charge in [0.2, 0.25) is 0 Å². The smallest absolute Gasteiger partial charge is 0.319 e. The summed E-state index contributed by atoms with van der Waals surface area (Å²) in [5, 5.41) is 9.20. The molecular weight excluding hydrogens is 250 g/mol. The number of methoxy groups -OCH3 is 2. The van der Waals surface area contributed by atoms with Gasteiger partial charge in [-0.1, -0.05) is 12.1 Å². The van der Waals surface area contributed by atoms with Crippen LogP contribution in [0.2, 0.25) is 0 Å². The molecule has 6 nitrogen and oxygen atoms in total. The highest BCUT2D eigenvalue weighted by Gasteiger charge is 2.15. The van der Waals surface area contributed by atoms with Crippen LogP contribution in [0.1, 0.15) is 5.56 Å². The predicted octanol–water partition coefficient (Wildman–Crippen LogP) is 0.540. The molecule has 0 aliphatic heterocycles. The van der Waals surface area contributed by atoms with Gasteiger partial charge in [0, 0.05) is 6.54 Å². The second-order valence-electron chi connectivity index (χ2n) is 3.96. The van der Waals surface area contributed by atoms with Gasteiger partial charge in [-0.25, -0.2) is 0 Å². The Bertz CT molecular complexity index is 411. The van der Waals surface area contributed by atoms with Gasteiger partial charge in [0.1, 0.15) is 5.75 Å². The molecular formula is C13H17NO5. The molecule has 0 saturated heterocycles. The maximum Gasteiger partial charge on any atom is 0.319 e. The van der Waals surface area contributed by atoms with Gasteiger partial charge in [0.25, 0.3) is 0 Å². The molecule has 1 aromatic carbocycles. The fraction of sp³-hybridized carbons (Fsp3) is 0.385. The molecule has 0 bridgehead atoms. The summed E-state index contributed by atoms with van der Waals surface area (Å²) >= 11 is 0. The number of hydrogen-bond acceptors (Lipinski definition) is 6. The average Bonchev–Trinajstić information content (AvgIpc) is 2.40. The molecule has 0 heterocycles. The van der Waals surface area contributed by atoms with E-state index in [0.717, 1.165) is 5.56 Å². The molecule has 0 amide bonds. The van der Waals surface area contributed by atoms with E-state index >= 15 is 0 Å². The van der Waals surface area contributed by atoms with Crippen molar-refractivity contribution in [2.45, 2.75) is 6.54 Å². The van der Waals surface area contributed by atoms with E-state index in [0.29, 0.717) is 6.54 Å². The number of phenols is 1. The van der Waals surface area contributed by atoms with E-state index in [1.807, 2.05) is 0 Å². The normalized spacial score (nSPS) is 10.3. The van der Waals surface area contributed by atoms with Crippen molar-refractivity contribution in [1.29, 1.82) is 0 Å². The predicted molar refractivity (Wildman–Crippen MR) is 67.4 cm³/mol. The first-order chi connectivity index (χ1) is 9.05. The van der Waals surface area contributed by atoms with E-state index in [-0.39, 0.29) is 18.8 Å². The van der Waals surface area contributed by atoms with E-state index in [1.165, 1.54) is 14.2 Å². The third-order valence-corrected chi connectivity index (χ3v) is 2.50. The van der Waals surface area contributed by atoms with Gasteiger partial charge in [-0.2, -0.15) is 0 Å². The lowest BCUT2D eigenvalue weighted by Gasteiger charge is -2.19. The summed E-state index contributed by atoms with van der Waals surface area (Å²) in [7, 11) is 2.58. The monoisotopic (exact) mass is 267 g/mol. The van der Waals surface area contributed by atoms with Crippen molar-refractivity contribution in [2.75, 3.05) is 27.3 Å². The number of nitrogens with zero attached hydrogens (tertiary/aromatic N) is 1. The Morgan fingerprint density at radius 1 is 1.05 bits per heavy atom. The minimum Gasteiger partial charge on any atom is -0.508 e. The number of hydrogen-bond donors (Lipinski definition) is 1.